The van der Waals surface area contributed by atoms with Crippen molar-refractivity contribution in [2.75, 3.05) is 35.9 Å². The van der Waals surface area contributed by atoms with Gasteiger partial charge in [0.1, 0.15) is 5.75 Å². The summed E-state index contributed by atoms with van der Waals surface area (Å²) in [6.45, 7) is 4.73. The molecule has 11 heteroatoms. The largest absolute Gasteiger partial charge is 0.478 e. The van der Waals surface area contributed by atoms with Crippen molar-refractivity contribution in [3.8, 4) is 5.75 Å². The van der Waals surface area contributed by atoms with E-state index in [0.29, 0.717) is 22.8 Å². The number of sulfone groups is 1. The lowest BCUT2D eigenvalue weighted by atomic mass is 9.79. The van der Waals surface area contributed by atoms with Crippen LogP contribution in [0.3, 0.4) is 0 Å². The van der Waals surface area contributed by atoms with Crippen molar-refractivity contribution in [3.05, 3.63) is 48.7 Å². The predicted octanol–water partition coefficient (Wildman–Crippen LogP) is 6.86. The monoisotopic (exact) mass is 590 g/mol. The molecule has 2 aromatic carbocycles. The van der Waals surface area contributed by atoms with Crippen molar-refractivity contribution in [3.63, 3.8) is 0 Å². The molecule has 0 radical (unpaired) electrons. The molecular weight excluding hydrogens is 552 g/mol. The molecule has 0 bridgehead atoms. The lowest BCUT2D eigenvalue weighted by Gasteiger charge is -2.37. The molecule has 0 fully saturated rings. The Bertz CT molecular complexity index is 1320. The van der Waals surface area contributed by atoms with Crippen LogP contribution >= 0.6 is 11.8 Å². The first kappa shape index (κ1) is 31.3. The number of benzene rings is 2. The number of carboxylic acid groups (broad SMARTS) is 1. The topological polar surface area (TPSA) is 122 Å². The van der Waals surface area contributed by atoms with Crippen LogP contribution < -0.4 is 15.0 Å². The van der Waals surface area contributed by atoms with Gasteiger partial charge < -0.3 is 19.5 Å². The summed E-state index contributed by atoms with van der Waals surface area (Å²) in [5.41, 5.74) is 1.41. The molecule has 0 aliphatic carbocycles. The summed E-state index contributed by atoms with van der Waals surface area (Å²) in [5, 5.41) is 11.6. The van der Waals surface area contributed by atoms with Gasteiger partial charge in [0.05, 0.1) is 40.7 Å². The summed E-state index contributed by atoms with van der Waals surface area (Å²) in [6.07, 6.45) is 8.47. The molecule has 9 nitrogen and oxygen atoms in total. The molecule has 0 spiro atoms. The number of carbonyl (C=O) groups is 2. The number of carbonyl (C=O) groups excluding carboxylic acids is 1. The number of nitrogens with zero attached hydrogens (tertiary/aromatic N) is 1. The molecule has 2 N–H and O–H groups in total. The van der Waals surface area contributed by atoms with E-state index in [2.05, 4.69) is 28.8 Å². The van der Waals surface area contributed by atoms with E-state index in [0.717, 1.165) is 56.6 Å². The van der Waals surface area contributed by atoms with Crippen molar-refractivity contribution in [2.45, 2.75) is 62.2 Å². The first-order chi connectivity index (χ1) is 19.1. The number of amides is 1. The van der Waals surface area contributed by atoms with Crippen molar-refractivity contribution in [2.24, 2.45) is 5.41 Å². The maximum atomic E-state index is 14.1. The molecule has 1 aliphatic rings. The van der Waals surface area contributed by atoms with Crippen LogP contribution in [-0.4, -0.2) is 51.3 Å². The van der Waals surface area contributed by atoms with Gasteiger partial charge in [0, 0.05) is 29.4 Å². The van der Waals surface area contributed by atoms with E-state index in [1.165, 1.54) is 24.9 Å². The van der Waals surface area contributed by atoms with E-state index in [-0.39, 0.29) is 16.4 Å². The zero-order valence-electron chi connectivity index (χ0n) is 23.4. The Balaban J connectivity index is 2.21. The Morgan fingerprint density at radius 1 is 1.12 bits per heavy atom. The number of nitrogens with one attached hydrogen (secondary N) is 1. The summed E-state index contributed by atoms with van der Waals surface area (Å²) in [5.74, 6) is -0.880. The Morgan fingerprint density at radius 3 is 2.33 bits per heavy atom. The van der Waals surface area contributed by atoms with Crippen LogP contribution in [0.4, 0.5) is 21.9 Å². The molecule has 0 aromatic heterocycles. The third-order valence-electron chi connectivity index (χ3n) is 7.00. The molecule has 218 valence electrons. The van der Waals surface area contributed by atoms with Crippen molar-refractivity contribution < 1.29 is 32.6 Å². The fourth-order valence-electron chi connectivity index (χ4n) is 5.01. The van der Waals surface area contributed by atoms with E-state index >= 15 is 0 Å². The van der Waals surface area contributed by atoms with Gasteiger partial charge in [0.25, 0.3) is 0 Å². The summed E-state index contributed by atoms with van der Waals surface area (Å²) < 4.78 is 38.5. The zero-order chi connectivity index (χ0) is 29.3. The lowest BCUT2D eigenvalue weighted by molar-refractivity contribution is -0.131. The van der Waals surface area contributed by atoms with E-state index < -0.39 is 27.3 Å². The summed E-state index contributed by atoms with van der Waals surface area (Å²) in [6, 6.07) is 10.5. The van der Waals surface area contributed by atoms with E-state index in [1.54, 1.807) is 18.2 Å². The number of rotatable bonds is 12. The highest BCUT2D eigenvalue weighted by Crippen LogP contribution is 2.48. The van der Waals surface area contributed by atoms with Crippen LogP contribution in [-0.2, 0) is 19.4 Å². The smallest absolute Gasteiger partial charge is 0.411 e. The van der Waals surface area contributed by atoms with Crippen molar-refractivity contribution in [1.82, 2.24) is 0 Å². The minimum atomic E-state index is -3.75. The van der Waals surface area contributed by atoms with Gasteiger partial charge in [-0.1, -0.05) is 39.5 Å². The molecule has 1 amide bonds. The minimum absolute atomic E-state index is 0.00843. The zero-order valence-corrected chi connectivity index (χ0v) is 25.1. The molecule has 3 rings (SSSR count). The number of unbranched alkanes of at least 4 members (excludes halogenated alkanes) is 2. The van der Waals surface area contributed by atoms with Gasteiger partial charge in [-0.2, -0.15) is 0 Å². The second-order valence-corrected chi connectivity index (χ2v) is 12.8. The first-order valence-corrected chi connectivity index (χ1v) is 16.2. The third-order valence-corrected chi connectivity index (χ3v) is 9.75. The minimum Gasteiger partial charge on any atom is -0.478 e. The number of carboxylic acids is 1. The fourth-order valence-corrected chi connectivity index (χ4v) is 7.66. The number of fused-ring (bicyclic) bond motifs is 1. The Labute approximate surface area is 240 Å². The van der Waals surface area contributed by atoms with Gasteiger partial charge in [-0.15, -0.1) is 11.8 Å². The SMILES string of the molecule is CCCCC1(CCCC)CN(c2ccc(NC(=O)OC)cc2)c2cc(SC)c(O/C=C/C(=O)O)cc2S(=O)(=O)C1. The highest BCUT2D eigenvalue weighted by Gasteiger charge is 2.42. The van der Waals surface area contributed by atoms with Gasteiger partial charge in [-0.25, -0.2) is 18.0 Å². The normalized spacial score (nSPS) is 15.8. The summed E-state index contributed by atoms with van der Waals surface area (Å²) >= 11 is 1.38. The third kappa shape index (κ3) is 7.72. The second-order valence-electron chi connectivity index (χ2n) is 9.95. The van der Waals surface area contributed by atoms with Crippen molar-refractivity contribution >= 4 is 50.7 Å². The number of aliphatic carboxylic acids is 1. The number of thioether (sulfide) groups is 1. The van der Waals surface area contributed by atoms with Crippen LogP contribution in [0.5, 0.6) is 5.75 Å². The van der Waals surface area contributed by atoms with Crippen LogP contribution in [0.1, 0.15) is 52.4 Å². The molecule has 40 heavy (non-hydrogen) atoms. The van der Waals surface area contributed by atoms with Gasteiger partial charge in [0.2, 0.25) is 0 Å². The number of hydrogen-bond acceptors (Lipinski definition) is 8. The van der Waals surface area contributed by atoms with Gasteiger partial charge in [-0.05, 0) is 49.4 Å². The maximum Gasteiger partial charge on any atom is 0.411 e. The van der Waals surface area contributed by atoms with Crippen LogP contribution in [0.15, 0.2) is 58.5 Å². The number of ether oxygens (including phenoxy) is 2. The van der Waals surface area contributed by atoms with Gasteiger partial charge >= 0.3 is 12.1 Å². The van der Waals surface area contributed by atoms with E-state index in [4.69, 9.17) is 9.84 Å². The first-order valence-electron chi connectivity index (χ1n) is 13.3. The molecule has 0 unspecified atom stereocenters. The predicted molar refractivity (Wildman–Crippen MR) is 159 cm³/mol. The van der Waals surface area contributed by atoms with Crippen LogP contribution in [0, 0.1) is 5.41 Å². The molecule has 1 heterocycles. The maximum absolute atomic E-state index is 14.1. The molecule has 0 atom stereocenters. The standard InChI is InChI=1S/C29H38N2O7S2/c1-5-7-14-29(15-8-6-2)19-31(22-11-9-21(10-12-22)30-28(34)37-3)23-17-25(39-4)24(38-16-13-27(32)33)18-26(23)40(35,36)20-29/h9-13,16-18H,5-8,14-15,19-20H2,1-4H3,(H,30,34)(H,32,33)/b16-13+. The Hall–Kier alpha value is -3.18. The quantitative estimate of drug-likeness (QED) is 0.155. The van der Waals surface area contributed by atoms with Gasteiger partial charge in [0.15, 0.2) is 9.84 Å². The van der Waals surface area contributed by atoms with E-state index in [1.807, 2.05) is 18.4 Å². The fraction of sp³-hybridized carbons (Fsp3) is 0.448. The molecular formula is C29H38N2O7S2. The molecule has 0 saturated heterocycles. The van der Waals surface area contributed by atoms with Gasteiger partial charge in [-0.3, -0.25) is 5.32 Å². The number of methoxy groups -OCH3 is 1. The number of anilines is 3. The number of hydrogen-bond donors (Lipinski definition) is 2. The highest BCUT2D eigenvalue weighted by molar-refractivity contribution is 7.98. The average Bonchev–Trinajstić information content (AvgIpc) is 3.02. The van der Waals surface area contributed by atoms with Crippen LogP contribution in [0.2, 0.25) is 0 Å². The molecule has 0 saturated carbocycles. The summed E-state index contributed by atoms with van der Waals surface area (Å²) in [7, 11) is -2.45. The molecule has 1 aliphatic heterocycles. The van der Waals surface area contributed by atoms with Crippen LogP contribution in [0.25, 0.3) is 0 Å². The average molecular weight is 591 g/mol. The van der Waals surface area contributed by atoms with E-state index in [9.17, 15) is 18.0 Å². The molecule has 2 aromatic rings. The highest BCUT2D eigenvalue weighted by atomic mass is 32.2. The van der Waals surface area contributed by atoms with Crippen molar-refractivity contribution in [1.29, 1.82) is 0 Å². The lowest BCUT2D eigenvalue weighted by Crippen LogP contribution is -2.38. The Morgan fingerprint density at radius 2 is 1.77 bits per heavy atom. The Kier molecular flexibility index (Phi) is 10.9. The summed E-state index contributed by atoms with van der Waals surface area (Å²) in [4.78, 5) is 25.5. The second kappa shape index (κ2) is 13.9.